The quantitative estimate of drug-likeness (QED) is 0.275. The summed E-state index contributed by atoms with van der Waals surface area (Å²) in [6, 6.07) is 1.91. The third-order valence-corrected chi connectivity index (χ3v) is 6.77. The van der Waals surface area contributed by atoms with Crippen LogP contribution in [0.4, 0.5) is 13.2 Å². The van der Waals surface area contributed by atoms with Crippen LogP contribution in [-0.4, -0.2) is 24.8 Å². The number of rotatable bonds is 8. The summed E-state index contributed by atoms with van der Waals surface area (Å²) in [7, 11) is 0. The Labute approximate surface area is 177 Å². The van der Waals surface area contributed by atoms with Crippen LogP contribution in [0.3, 0.4) is 0 Å². The lowest BCUT2D eigenvalue weighted by atomic mass is 9.69. The number of unbranched alkanes of at least 4 members (excludes halogenated alkanes) is 1. The van der Waals surface area contributed by atoms with Crippen LogP contribution in [0.15, 0.2) is 12.1 Å². The lowest BCUT2D eigenvalue weighted by Gasteiger charge is -2.39. The van der Waals surface area contributed by atoms with Crippen LogP contribution in [0.25, 0.3) is 0 Å². The minimum atomic E-state index is -1.51. The second kappa shape index (κ2) is 10.2. The Balaban J connectivity index is 1.80. The summed E-state index contributed by atoms with van der Waals surface area (Å²) in [5.74, 6) is -4.52. The predicted molar refractivity (Wildman–Crippen MR) is 109 cm³/mol. The van der Waals surface area contributed by atoms with Crippen LogP contribution in [0.2, 0.25) is 0 Å². The lowest BCUT2D eigenvalue weighted by Crippen LogP contribution is -2.45. The Morgan fingerprint density at radius 3 is 2.07 bits per heavy atom. The normalized spacial score (nSPS) is 20.7. The molecule has 2 aliphatic rings. The summed E-state index contributed by atoms with van der Waals surface area (Å²) in [6.45, 7) is 2.89. The predicted octanol–water partition coefficient (Wildman–Crippen LogP) is 6.37. The summed E-state index contributed by atoms with van der Waals surface area (Å²) in [5, 5.41) is 0. The fraction of sp³-hybridized carbons (Fsp3) is 0.708. The van der Waals surface area contributed by atoms with Gasteiger partial charge in [0.2, 0.25) is 0 Å². The minimum Gasteiger partial charge on any atom is -0.462 e. The molecule has 0 spiro atoms. The van der Waals surface area contributed by atoms with Crippen molar-refractivity contribution in [1.29, 1.82) is 0 Å². The first kappa shape index (κ1) is 23.1. The number of hydrogen-bond donors (Lipinski definition) is 0. The fourth-order valence-electron chi connectivity index (χ4n) is 4.89. The molecule has 2 fully saturated rings. The van der Waals surface area contributed by atoms with E-state index in [0.717, 1.165) is 76.3 Å². The second-order valence-corrected chi connectivity index (χ2v) is 8.92. The molecule has 0 saturated heterocycles. The van der Waals surface area contributed by atoms with Crippen LogP contribution >= 0.6 is 0 Å². The van der Waals surface area contributed by atoms with Crippen LogP contribution in [0.1, 0.15) is 89.5 Å². The number of benzene rings is 1. The van der Waals surface area contributed by atoms with Crippen molar-refractivity contribution in [3.8, 4) is 0 Å². The van der Waals surface area contributed by atoms with Gasteiger partial charge in [0.15, 0.2) is 17.5 Å². The van der Waals surface area contributed by atoms with E-state index in [1.54, 1.807) is 0 Å². The van der Waals surface area contributed by atoms with Gasteiger partial charge in [0, 0.05) is 6.61 Å². The molecule has 168 valence electrons. The molecule has 0 aromatic heterocycles. The van der Waals surface area contributed by atoms with Crippen molar-refractivity contribution in [2.24, 2.45) is 0 Å². The summed E-state index contributed by atoms with van der Waals surface area (Å²) >= 11 is 0. The summed E-state index contributed by atoms with van der Waals surface area (Å²) in [5.41, 5.74) is -1.43. The van der Waals surface area contributed by atoms with E-state index >= 15 is 0 Å². The maximum atomic E-state index is 14.0. The van der Waals surface area contributed by atoms with Gasteiger partial charge in [0.1, 0.15) is 12.2 Å². The maximum absolute atomic E-state index is 14.0. The van der Waals surface area contributed by atoms with Crippen molar-refractivity contribution >= 4 is 5.97 Å². The zero-order chi connectivity index (χ0) is 21.6. The van der Waals surface area contributed by atoms with E-state index in [1.165, 1.54) is 0 Å². The molecule has 0 aliphatic heterocycles. The summed E-state index contributed by atoms with van der Waals surface area (Å²) in [4.78, 5) is 13.3. The molecule has 0 bridgehead atoms. The molecule has 2 saturated carbocycles. The van der Waals surface area contributed by atoms with E-state index < -0.39 is 34.4 Å². The van der Waals surface area contributed by atoms with E-state index in [0.29, 0.717) is 19.4 Å². The monoisotopic (exact) mass is 426 g/mol. The Morgan fingerprint density at radius 2 is 1.50 bits per heavy atom. The molecule has 0 amide bonds. The third kappa shape index (κ3) is 5.01. The lowest BCUT2D eigenvalue weighted by molar-refractivity contribution is -0.168. The van der Waals surface area contributed by atoms with Crippen LogP contribution < -0.4 is 0 Å². The Hall–Kier alpha value is -1.56. The van der Waals surface area contributed by atoms with Gasteiger partial charge in [-0.05, 0) is 49.8 Å². The molecule has 0 atom stereocenters. The van der Waals surface area contributed by atoms with Crippen molar-refractivity contribution in [1.82, 2.24) is 0 Å². The highest BCUT2D eigenvalue weighted by atomic mass is 19.2. The smallest absolute Gasteiger partial charge is 0.316 e. The molecule has 30 heavy (non-hydrogen) atoms. The van der Waals surface area contributed by atoms with Gasteiger partial charge in [-0.3, -0.25) is 4.79 Å². The third-order valence-electron chi connectivity index (χ3n) is 6.77. The number of ether oxygens (including phenoxy) is 2. The maximum Gasteiger partial charge on any atom is 0.316 e. The zero-order valence-electron chi connectivity index (χ0n) is 17.9. The second-order valence-electron chi connectivity index (χ2n) is 8.92. The molecular weight excluding hydrogens is 393 g/mol. The van der Waals surface area contributed by atoms with Gasteiger partial charge in [0.05, 0.1) is 5.41 Å². The molecule has 0 heterocycles. The SMILES string of the molecule is CCCCOC1(COC(=O)C2(c3cc(F)c(F)c(F)c3)CCCCC2)CCCCC1. The topological polar surface area (TPSA) is 35.5 Å². The van der Waals surface area contributed by atoms with Gasteiger partial charge in [-0.2, -0.15) is 0 Å². The molecule has 3 nitrogen and oxygen atoms in total. The summed E-state index contributed by atoms with van der Waals surface area (Å²) < 4.78 is 53.4. The highest BCUT2D eigenvalue weighted by Crippen LogP contribution is 2.42. The highest BCUT2D eigenvalue weighted by Gasteiger charge is 2.45. The molecule has 2 aliphatic carbocycles. The van der Waals surface area contributed by atoms with Gasteiger partial charge in [-0.1, -0.05) is 51.9 Å². The minimum absolute atomic E-state index is 0.156. The van der Waals surface area contributed by atoms with Crippen LogP contribution in [-0.2, 0) is 19.7 Å². The number of hydrogen-bond acceptors (Lipinski definition) is 3. The summed E-state index contributed by atoms with van der Waals surface area (Å²) in [6.07, 6.45) is 10.2. The van der Waals surface area contributed by atoms with Gasteiger partial charge >= 0.3 is 5.97 Å². The molecule has 0 radical (unpaired) electrons. The Bertz CT molecular complexity index is 699. The average molecular weight is 427 g/mol. The Morgan fingerprint density at radius 1 is 0.933 bits per heavy atom. The van der Waals surface area contributed by atoms with E-state index in [1.807, 2.05) is 0 Å². The fourth-order valence-corrected chi connectivity index (χ4v) is 4.89. The number of halogens is 3. The molecular formula is C24H33F3O3. The van der Waals surface area contributed by atoms with Crippen molar-refractivity contribution in [2.45, 2.75) is 95.0 Å². The number of carbonyl (C=O) groups excluding carboxylic acids is 1. The molecule has 1 aromatic carbocycles. The van der Waals surface area contributed by atoms with Gasteiger partial charge in [-0.25, -0.2) is 13.2 Å². The van der Waals surface area contributed by atoms with E-state index in [-0.39, 0.29) is 12.2 Å². The van der Waals surface area contributed by atoms with Crippen LogP contribution in [0.5, 0.6) is 0 Å². The molecule has 1 aromatic rings. The van der Waals surface area contributed by atoms with E-state index in [2.05, 4.69) is 6.92 Å². The molecule has 3 rings (SSSR count). The van der Waals surface area contributed by atoms with E-state index in [9.17, 15) is 18.0 Å². The van der Waals surface area contributed by atoms with E-state index in [4.69, 9.17) is 9.47 Å². The van der Waals surface area contributed by atoms with Crippen molar-refractivity contribution in [3.05, 3.63) is 35.1 Å². The van der Waals surface area contributed by atoms with Crippen molar-refractivity contribution < 1.29 is 27.4 Å². The number of carbonyl (C=O) groups is 1. The molecule has 0 unspecified atom stereocenters. The molecule has 6 heteroatoms. The van der Waals surface area contributed by atoms with Crippen molar-refractivity contribution in [2.75, 3.05) is 13.2 Å². The van der Waals surface area contributed by atoms with Crippen LogP contribution in [0, 0.1) is 17.5 Å². The zero-order valence-corrected chi connectivity index (χ0v) is 17.9. The molecule has 0 N–H and O–H groups in total. The van der Waals surface area contributed by atoms with Crippen molar-refractivity contribution in [3.63, 3.8) is 0 Å². The van der Waals surface area contributed by atoms with Gasteiger partial charge in [0.25, 0.3) is 0 Å². The standard InChI is InChI=1S/C24H33F3O3/c1-2-3-14-30-23(10-6-4-7-11-23)17-29-22(28)24(12-8-5-9-13-24)18-15-19(25)21(27)20(26)16-18/h15-16H,2-14,17H2,1H3. The number of esters is 1. The first-order chi connectivity index (χ1) is 14.4. The van der Waals surface area contributed by atoms with Gasteiger partial charge < -0.3 is 9.47 Å². The Kier molecular flexibility index (Phi) is 7.83. The first-order valence-electron chi connectivity index (χ1n) is 11.4. The largest absolute Gasteiger partial charge is 0.462 e. The highest BCUT2D eigenvalue weighted by molar-refractivity contribution is 5.83. The van der Waals surface area contributed by atoms with Gasteiger partial charge in [-0.15, -0.1) is 0 Å². The average Bonchev–Trinajstić information content (AvgIpc) is 2.77. The first-order valence-corrected chi connectivity index (χ1v) is 11.4.